The second-order valence-corrected chi connectivity index (χ2v) is 8.86. The molecule has 0 radical (unpaired) electrons. The largest absolute Gasteiger partial charge is 0.492 e. The van der Waals surface area contributed by atoms with Crippen LogP contribution in [-0.2, 0) is 10.4 Å². The summed E-state index contributed by atoms with van der Waals surface area (Å²) in [4.78, 5) is 2.79. The topological polar surface area (TPSA) is 45.5 Å². The molecule has 30 heavy (non-hydrogen) atoms. The van der Waals surface area contributed by atoms with Crippen LogP contribution >= 0.6 is 12.0 Å². The van der Waals surface area contributed by atoms with E-state index in [0.29, 0.717) is 31.1 Å². The molecule has 0 aliphatic rings. The smallest absolute Gasteiger partial charge is 0.417 e. The van der Waals surface area contributed by atoms with Crippen molar-refractivity contribution in [2.45, 2.75) is 31.8 Å². The monoisotopic (exact) mass is 438 g/mol. The van der Waals surface area contributed by atoms with Gasteiger partial charge in [0.15, 0.2) is 0 Å². The van der Waals surface area contributed by atoms with Crippen molar-refractivity contribution in [1.29, 1.82) is 5.26 Å². The van der Waals surface area contributed by atoms with Crippen LogP contribution < -0.4 is 9.64 Å². The summed E-state index contributed by atoms with van der Waals surface area (Å²) in [6.45, 7) is 7.27. The summed E-state index contributed by atoms with van der Waals surface area (Å²) in [6, 6.07) is 12.8. The summed E-state index contributed by atoms with van der Waals surface area (Å²) in [5.74, 6) is 0.668. The van der Waals surface area contributed by atoms with Crippen LogP contribution in [0.2, 0.25) is 0 Å². The number of hydrogen-bond donors (Lipinski definition) is 0. The number of benzene rings is 2. The Morgan fingerprint density at radius 3 is 2.27 bits per heavy atom. The highest BCUT2D eigenvalue weighted by atomic mass is 32.2. The van der Waals surface area contributed by atoms with E-state index in [1.807, 2.05) is 49.9 Å². The van der Waals surface area contributed by atoms with E-state index in [2.05, 4.69) is 0 Å². The number of halogens is 3. The van der Waals surface area contributed by atoms with Crippen molar-refractivity contribution in [1.82, 2.24) is 0 Å². The van der Waals surface area contributed by atoms with Gasteiger partial charge in [-0.2, -0.15) is 18.4 Å². The van der Waals surface area contributed by atoms with Crippen LogP contribution in [0.5, 0.6) is 5.75 Å². The van der Waals surface area contributed by atoms with Crippen molar-refractivity contribution in [3.05, 3.63) is 53.6 Å². The number of ether oxygens (including phenoxy) is 1. The van der Waals surface area contributed by atoms with E-state index in [-0.39, 0.29) is 11.0 Å². The van der Waals surface area contributed by atoms with E-state index in [4.69, 9.17) is 14.2 Å². The lowest BCUT2D eigenvalue weighted by Crippen LogP contribution is -2.36. The first-order chi connectivity index (χ1) is 14.0. The maximum atomic E-state index is 13.4. The summed E-state index contributed by atoms with van der Waals surface area (Å²) in [5, 5.41) is 9.03. The first-order valence-electron chi connectivity index (χ1n) is 9.33. The fourth-order valence-corrected chi connectivity index (χ4v) is 3.33. The minimum Gasteiger partial charge on any atom is -0.492 e. The highest BCUT2D eigenvalue weighted by Crippen LogP contribution is 2.35. The van der Waals surface area contributed by atoms with Gasteiger partial charge in [0, 0.05) is 29.2 Å². The van der Waals surface area contributed by atoms with Crippen molar-refractivity contribution in [3.63, 3.8) is 0 Å². The molecule has 162 valence electrons. The third-order valence-electron chi connectivity index (χ3n) is 4.09. The molecule has 0 bridgehead atoms. The normalized spacial score (nSPS) is 11.8. The molecule has 0 aromatic heterocycles. The SMILES string of the molecule is COSc1ccc(OCCN(CC(C)(C)C)c2ccc(C#N)c(C(F)(F)F)c2)cc1. The van der Waals surface area contributed by atoms with E-state index in [1.165, 1.54) is 18.1 Å². The number of hydrogen-bond acceptors (Lipinski definition) is 5. The van der Waals surface area contributed by atoms with E-state index in [1.54, 1.807) is 19.2 Å². The fraction of sp³-hybridized carbons (Fsp3) is 0.409. The molecule has 0 aliphatic heterocycles. The minimum atomic E-state index is -4.59. The predicted octanol–water partition coefficient (Wildman–Crippen LogP) is 6.16. The predicted molar refractivity (Wildman–Crippen MR) is 113 cm³/mol. The molecule has 8 heteroatoms. The van der Waals surface area contributed by atoms with Gasteiger partial charge in [0.2, 0.25) is 0 Å². The van der Waals surface area contributed by atoms with Crippen LogP contribution in [0.25, 0.3) is 0 Å². The molecule has 2 aromatic rings. The summed E-state index contributed by atoms with van der Waals surface area (Å²) >= 11 is 1.24. The van der Waals surface area contributed by atoms with Gasteiger partial charge in [0.25, 0.3) is 0 Å². The second kappa shape index (κ2) is 10.1. The standard InChI is InChI=1S/C22H25F3N2O2S/c1-21(2,3)15-27(11-12-29-18-7-9-19(10-8-18)30-28-4)17-6-5-16(14-26)20(13-17)22(23,24)25/h5-10,13H,11-12,15H2,1-4H3. The Labute approximate surface area is 179 Å². The Balaban J connectivity index is 2.17. The van der Waals surface area contributed by atoms with Crippen molar-refractivity contribution >= 4 is 17.7 Å². The van der Waals surface area contributed by atoms with Gasteiger partial charge in [-0.1, -0.05) is 20.8 Å². The molecule has 2 aromatic carbocycles. The third kappa shape index (κ3) is 7.15. The van der Waals surface area contributed by atoms with Crippen LogP contribution in [0.1, 0.15) is 31.9 Å². The van der Waals surface area contributed by atoms with Gasteiger partial charge in [-0.05, 0) is 47.9 Å². The lowest BCUT2D eigenvalue weighted by molar-refractivity contribution is -0.137. The average Bonchev–Trinajstić information content (AvgIpc) is 2.66. The first-order valence-corrected chi connectivity index (χ1v) is 10.1. The molecule has 0 aliphatic carbocycles. The average molecular weight is 439 g/mol. The van der Waals surface area contributed by atoms with Crippen LogP contribution in [0.15, 0.2) is 47.4 Å². The second-order valence-electron chi connectivity index (χ2n) is 7.89. The molecular formula is C22H25F3N2O2S. The van der Waals surface area contributed by atoms with Crippen molar-refractivity contribution < 1.29 is 22.1 Å². The zero-order chi connectivity index (χ0) is 22.4. The van der Waals surface area contributed by atoms with Crippen LogP contribution in [0, 0.1) is 16.7 Å². The van der Waals surface area contributed by atoms with E-state index < -0.39 is 11.7 Å². The zero-order valence-corrected chi connectivity index (χ0v) is 18.2. The quantitative estimate of drug-likeness (QED) is 0.462. The van der Waals surface area contributed by atoms with Gasteiger partial charge < -0.3 is 13.8 Å². The van der Waals surface area contributed by atoms with Gasteiger partial charge >= 0.3 is 6.18 Å². The van der Waals surface area contributed by atoms with Crippen LogP contribution in [0.3, 0.4) is 0 Å². The van der Waals surface area contributed by atoms with Gasteiger partial charge in [-0.25, -0.2) is 0 Å². The molecular weight excluding hydrogens is 413 g/mol. The molecule has 0 spiro atoms. The van der Waals surface area contributed by atoms with Gasteiger partial charge in [0.05, 0.1) is 30.9 Å². The molecule has 0 saturated carbocycles. The molecule has 0 atom stereocenters. The Bertz CT molecular complexity index is 872. The molecule has 0 unspecified atom stereocenters. The van der Waals surface area contributed by atoms with Crippen LogP contribution in [0.4, 0.5) is 18.9 Å². The fourth-order valence-electron chi connectivity index (χ4n) is 2.89. The minimum absolute atomic E-state index is 0.148. The zero-order valence-electron chi connectivity index (χ0n) is 17.4. The lowest BCUT2D eigenvalue weighted by Gasteiger charge is -2.32. The molecule has 0 saturated heterocycles. The van der Waals surface area contributed by atoms with Gasteiger partial charge in [0.1, 0.15) is 12.4 Å². The highest BCUT2D eigenvalue weighted by Gasteiger charge is 2.34. The molecule has 0 heterocycles. The third-order valence-corrected chi connectivity index (χ3v) is 4.72. The lowest BCUT2D eigenvalue weighted by atomic mass is 9.95. The van der Waals surface area contributed by atoms with Gasteiger partial charge in [-0.3, -0.25) is 0 Å². The summed E-state index contributed by atoms with van der Waals surface area (Å²) in [6.07, 6.45) is -4.59. The molecule has 2 rings (SSSR count). The summed E-state index contributed by atoms with van der Waals surface area (Å²) in [5.41, 5.74) is -1.04. The summed E-state index contributed by atoms with van der Waals surface area (Å²) in [7, 11) is 1.59. The number of anilines is 1. The van der Waals surface area contributed by atoms with Crippen molar-refractivity contribution in [3.8, 4) is 11.8 Å². The Morgan fingerprint density at radius 2 is 1.73 bits per heavy atom. The molecule has 4 nitrogen and oxygen atoms in total. The van der Waals surface area contributed by atoms with Crippen molar-refractivity contribution in [2.75, 3.05) is 31.7 Å². The maximum Gasteiger partial charge on any atom is 0.417 e. The number of nitriles is 1. The molecule has 0 fully saturated rings. The van der Waals surface area contributed by atoms with E-state index in [9.17, 15) is 13.2 Å². The maximum absolute atomic E-state index is 13.4. The molecule has 0 amide bonds. The number of rotatable bonds is 8. The van der Waals surface area contributed by atoms with Gasteiger partial charge in [-0.15, -0.1) is 0 Å². The van der Waals surface area contributed by atoms with E-state index in [0.717, 1.165) is 11.0 Å². The number of nitrogens with zero attached hydrogens (tertiary/aromatic N) is 2. The van der Waals surface area contributed by atoms with E-state index >= 15 is 0 Å². The van der Waals surface area contributed by atoms with Crippen LogP contribution in [-0.4, -0.2) is 26.8 Å². The van der Waals surface area contributed by atoms with Crippen molar-refractivity contribution in [2.24, 2.45) is 5.41 Å². The molecule has 0 N–H and O–H groups in total. The summed E-state index contributed by atoms with van der Waals surface area (Å²) < 4.78 is 50.9. The Kier molecular flexibility index (Phi) is 8.04. The first kappa shape index (κ1) is 23.9. The Morgan fingerprint density at radius 1 is 1.07 bits per heavy atom. The highest BCUT2D eigenvalue weighted by molar-refractivity contribution is 7.94. The Hall–Kier alpha value is -2.37. The number of alkyl halides is 3.